The van der Waals surface area contributed by atoms with Gasteiger partial charge in [0.25, 0.3) is 0 Å². The zero-order chi connectivity index (χ0) is 11.7. The number of nitrogens with zero attached hydrogens (tertiary/aromatic N) is 2. The monoisotopic (exact) mass is 216 g/mol. The molecule has 0 saturated carbocycles. The molecule has 1 aromatic carbocycles. The zero-order valence-corrected chi connectivity index (χ0v) is 9.14. The lowest BCUT2D eigenvalue weighted by atomic mass is 10.2. The van der Waals surface area contributed by atoms with Crippen molar-refractivity contribution < 1.29 is 9.90 Å². The number of rotatable bonds is 2. The summed E-state index contributed by atoms with van der Waals surface area (Å²) < 4.78 is 1.64. The molecule has 0 aliphatic carbocycles. The summed E-state index contributed by atoms with van der Waals surface area (Å²) >= 11 is 0. The Kier molecular flexibility index (Phi) is 2.48. The lowest BCUT2D eigenvalue weighted by Crippen LogP contribution is -2.02. The Hall–Kier alpha value is -2.10. The molecular weight excluding hydrogens is 204 g/mol. The van der Waals surface area contributed by atoms with Gasteiger partial charge in [-0.3, -0.25) is 0 Å². The number of hydrogen-bond acceptors (Lipinski definition) is 2. The van der Waals surface area contributed by atoms with E-state index in [-0.39, 0.29) is 5.69 Å². The number of aromatic carboxylic acids is 1. The molecule has 0 bridgehead atoms. The van der Waals surface area contributed by atoms with Crippen LogP contribution in [0.3, 0.4) is 0 Å². The van der Waals surface area contributed by atoms with Crippen LogP contribution in [-0.2, 0) is 0 Å². The molecule has 4 heteroatoms. The minimum absolute atomic E-state index is 0.0685. The number of carboxylic acid groups (broad SMARTS) is 1. The SMILES string of the molecule is Cc1cccc(-n2nc(C(=O)O)cc2C)c1. The number of aromatic nitrogens is 2. The van der Waals surface area contributed by atoms with Crippen molar-refractivity contribution in [3.63, 3.8) is 0 Å². The molecule has 0 unspecified atom stereocenters. The fourth-order valence-corrected chi connectivity index (χ4v) is 1.60. The first-order valence-corrected chi connectivity index (χ1v) is 4.95. The summed E-state index contributed by atoms with van der Waals surface area (Å²) in [6.07, 6.45) is 0. The van der Waals surface area contributed by atoms with Gasteiger partial charge >= 0.3 is 5.97 Å². The van der Waals surface area contributed by atoms with Crippen LogP contribution in [0.5, 0.6) is 0 Å². The lowest BCUT2D eigenvalue weighted by Gasteiger charge is -2.04. The topological polar surface area (TPSA) is 55.1 Å². The largest absolute Gasteiger partial charge is 0.476 e. The minimum Gasteiger partial charge on any atom is -0.476 e. The molecule has 4 nitrogen and oxygen atoms in total. The van der Waals surface area contributed by atoms with Gasteiger partial charge in [-0.15, -0.1) is 0 Å². The molecule has 0 amide bonds. The van der Waals surface area contributed by atoms with Crippen molar-refractivity contribution in [3.8, 4) is 5.69 Å². The van der Waals surface area contributed by atoms with E-state index in [1.165, 1.54) is 0 Å². The van der Waals surface area contributed by atoms with Gasteiger partial charge in [0.2, 0.25) is 0 Å². The van der Waals surface area contributed by atoms with E-state index in [4.69, 9.17) is 5.11 Å². The first kappa shape index (κ1) is 10.4. The number of carboxylic acids is 1. The lowest BCUT2D eigenvalue weighted by molar-refractivity contribution is 0.0690. The van der Waals surface area contributed by atoms with E-state index in [0.29, 0.717) is 0 Å². The van der Waals surface area contributed by atoms with Crippen LogP contribution >= 0.6 is 0 Å². The van der Waals surface area contributed by atoms with Gasteiger partial charge in [-0.2, -0.15) is 5.10 Å². The Bertz CT molecular complexity index is 544. The second kappa shape index (κ2) is 3.81. The van der Waals surface area contributed by atoms with Crippen molar-refractivity contribution in [2.75, 3.05) is 0 Å². The van der Waals surface area contributed by atoms with Gasteiger partial charge in [0.05, 0.1) is 5.69 Å². The maximum atomic E-state index is 10.8. The molecule has 0 spiro atoms. The highest BCUT2D eigenvalue weighted by atomic mass is 16.4. The highest BCUT2D eigenvalue weighted by molar-refractivity contribution is 5.85. The number of benzene rings is 1. The van der Waals surface area contributed by atoms with Crippen molar-refractivity contribution >= 4 is 5.97 Å². The van der Waals surface area contributed by atoms with Crippen LogP contribution in [0, 0.1) is 13.8 Å². The van der Waals surface area contributed by atoms with Crippen LogP contribution in [-0.4, -0.2) is 20.9 Å². The van der Waals surface area contributed by atoms with E-state index in [9.17, 15) is 4.79 Å². The van der Waals surface area contributed by atoms with Crippen LogP contribution in [0.1, 0.15) is 21.7 Å². The highest BCUT2D eigenvalue weighted by Crippen LogP contribution is 2.13. The molecule has 0 fully saturated rings. The molecular formula is C12H12N2O2. The summed E-state index contributed by atoms with van der Waals surface area (Å²) in [6, 6.07) is 9.33. The van der Waals surface area contributed by atoms with Gasteiger partial charge in [0, 0.05) is 5.69 Å². The van der Waals surface area contributed by atoms with E-state index in [1.807, 2.05) is 38.1 Å². The van der Waals surface area contributed by atoms with E-state index >= 15 is 0 Å². The smallest absolute Gasteiger partial charge is 0.356 e. The Morgan fingerprint density at radius 1 is 1.31 bits per heavy atom. The van der Waals surface area contributed by atoms with Crippen molar-refractivity contribution in [1.82, 2.24) is 9.78 Å². The summed E-state index contributed by atoms with van der Waals surface area (Å²) in [5.41, 5.74) is 2.87. The van der Waals surface area contributed by atoms with Crippen molar-refractivity contribution in [3.05, 3.63) is 47.3 Å². The third-order valence-electron chi connectivity index (χ3n) is 2.35. The second-order valence-corrected chi connectivity index (χ2v) is 3.73. The van der Waals surface area contributed by atoms with Gasteiger partial charge < -0.3 is 5.11 Å². The standard InChI is InChI=1S/C12H12N2O2/c1-8-4-3-5-10(6-8)14-9(2)7-11(13-14)12(15)16/h3-7H,1-2H3,(H,15,16). The quantitative estimate of drug-likeness (QED) is 0.837. The molecule has 1 aromatic heterocycles. The molecule has 0 aliphatic heterocycles. The molecule has 1 N–H and O–H groups in total. The summed E-state index contributed by atoms with van der Waals surface area (Å²) in [5, 5.41) is 12.9. The molecule has 0 saturated heterocycles. The number of carbonyl (C=O) groups is 1. The Morgan fingerprint density at radius 2 is 2.06 bits per heavy atom. The van der Waals surface area contributed by atoms with E-state index in [2.05, 4.69) is 5.10 Å². The molecule has 16 heavy (non-hydrogen) atoms. The van der Waals surface area contributed by atoms with Crippen LogP contribution in [0.25, 0.3) is 5.69 Å². The van der Waals surface area contributed by atoms with Gasteiger partial charge in [0.15, 0.2) is 5.69 Å². The maximum Gasteiger partial charge on any atom is 0.356 e. The van der Waals surface area contributed by atoms with Crippen molar-refractivity contribution in [1.29, 1.82) is 0 Å². The van der Waals surface area contributed by atoms with E-state index < -0.39 is 5.97 Å². The van der Waals surface area contributed by atoms with Gasteiger partial charge in [-0.25, -0.2) is 9.48 Å². The normalized spacial score (nSPS) is 10.4. The van der Waals surface area contributed by atoms with Crippen molar-refractivity contribution in [2.24, 2.45) is 0 Å². The molecule has 82 valence electrons. The number of hydrogen-bond donors (Lipinski definition) is 1. The van der Waals surface area contributed by atoms with Crippen LogP contribution in [0.2, 0.25) is 0 Å². The third-order valence-corrected chi connectivity index (χ3v) is 2.35. The molecule has 1 heterocycles. The fraction of sp³-hybridized carbons (Fsp3) is 0.167. The fourth-order valence-electron chi connectivity index (χ4n) is 1.60. The average Bonchev–Trinajstić information content (AvgIpc) is 2.60. The predicted octanol–water partition coefficient (Wildman–Crippen LogP) is 2.19. The molecule has 0 atom stereocenters. The third kappa shape index (κ3) is 1.82. The van der Waals surface area contributed by atoms with Gasteiger partial charge in [-0.05, 0) is 37.6 Å². The Balaban J connectivity index is 2.52. The molecule has 2 aromatic rings. The van der Waals surface area contributed by atoms with Gasteiger partial charge in [0.1, 0.15) is 0 Å². The van der Waals surface area contributed by atoms with Crippen molar-refractivity contribution in [2.45, 2.75) is 13.8 Å². The maximum absolute atomic E-state index is 10.8. The molecule has 0 radical (unpaired) electrons. The first-order chi connectivity index (χ1) is 7.58. The first-order valence-electron chi connectivity index (χ1n) is 4.95. The average molecular weight is 216 g/mol. The van der Waals surface area contributed by atoms with Gasteiger partial charge in [-0.1, -0.05) is 12.1 Å². The number of aryl methyl sites for hydroxylation is 2. The zero-order valence-electron chi connectivity index (χ0n) is 9.14. The summed E-state index contributed by atoms with van der Waals surface area (Å²) in [5.74, 6) is -1.01. The van der Waals surface area contributed by atoms with Crippen LogP contribution in [0.15, 0.2) is 30.3 Å². The Morgan fingerprint density at radius 3 is 2.62 bits per heavy atom. The highest BCUT2D eigenvalue weighted by Gasteiger charge is 2.11. The summed E-state index contributed by atoms with van der Waals surface area (Å²) in [7, 11) is 0. The summed E-state index contributed by atoms with van der Waals surface area (Å²) in [4.78, 5) is 10.8. The Labute approximate surface area is 93.1 Å². The predicted molar refractivity (Wildman–Crippen MR) is 60.0 cm³/mol. The van der Waals surface area contributed by atoms with E-state index in [1.54, 1.807) is 10.7 Å². The molecule has 2 rings (SSSR count). The second-order valence-electron chi connectivity index (χ2n) is 3.73. The van der Waals surface area contributed by atoms with E-state index in [0.717, 1.165) is 16.9 Å². The molecule has 0 aliphatic rings. The van der Waals surface area contributed by atoms with Crippen LogP contribution in [0.4, 0.5) is 0 Å². The minimum atomic E-state index is -1.01. The summed E-state index contributed by atoms with van der Waals surface area (Å²) in [6.45, 7) is 3.82. The van der Waals surface area contributed by atoms with Crippen LogP contribution < -0.4 is 0 Å².